The van der Waals surface area contributed by atoms with Gasteiger partial charge in [-0.3, -0.25) is 4.79 Å². The molecule has 2 unspecified atom stereocenters. The van der Waals surface area contributed by atoms with Crippen molar-refractivity contribution in [2.24, 2.45) is 17.4 Å². The van der Waals surface area contributed by atoms with Crippen LogP contribution in [0.2, 0.25) is 0 Å². The largest absolute Gasteiger partial charge is 0.369 e. The maximum atomic E-state index is 10.5. The second-order valence-corrected chi connectivity index (χ2v) is 2.13. The lowest BCUT2D eigenvalue weighted by Gasteiger charge is -2.07. The Morgan fingerprint density at radius 1 is 1.67 bits per heavy atom. The van der Waals surface area contributed by atoms with E-state index in [0.29, 0.717) is 13.0 Å². The van der Waals surface area contributed by atoms with E-state index >= 15 is 0 Å². The van der Waals surface area contributed by atoms with Crippen LogP contribution in [-0.2, 0) is 9.53 Å². The lowest BCUT2D eigenvalue weighted by Crippen LogP contribution is -2.35. The molecular weight excluding hydrogens is 120 g/mol. The summed E-state index contributed by atoms with van der Waals surface area (Å²) >= 11 is 0. The molecule has 0 aromatic rings. The van der Waals surface area contributed by atoms with Gasteiger partial charge in [0.15, 0.2) is 0 Å². The standard InChI is InChI=1S/C5H10N2O2/c6-4(8)3-1-2-9-5(3)7/h3,5H,1-2,7H2,(H2,6,8). The molecule has 1 saturated heterocycles. The molecule has 0 bridgehead atoms. The number of primary amides is 1. The fourth-order valence-corrected chi connectivity index (χ4v) is 0.916. The van der Waals surface area contributed by atoms with Gasteiger partial charge in [-0.25, -0.2) is 0 Å². The van der Waals surface area contributed by atoms with Gasteiger partial charge in [0.05, 0.1) is 5.92 Å². The molecule has 1 rings (SSSR count). The first-order valence-electron chi connectivity index (χ1n) is 2.88. The number of ether oxygens (including phenoxy) is 1. The summed E-state index contributed by atoms with van der Waals surface area (Å²) in [5.41, 5.74) is 10.3. The number of carbonyl (C=O) groups is 1. The molecule has 2 atom stereocenters. The van der Waals surface area contributed by atoms with Gasteiger partial charge >= 0.3 is 0 Å². The molecule has 0 aliphatic carbocycles. The van der Waals surface area contributed by atoms with E-state index in [1.54, 1.807) is 0 Å². The Balaban J connectivity index is 2.49. The van der Waals surface area contributed by atoms with Crippen molar-refractivity contribution in [3.05, 3.63) is 0 Å². The summed E-state index contributed by atoms with van der Waals surface area (Å²) in [5.74, 6) is -0.634. The van der Waals surface area contributed by atoms with Crippen LogP contribution in [0.25, 0.3) is 0 Å². The van der Waals surface area contributed by atoms with Crippen molar-refractivity contribution in [3.63, 3.8) is 0 Å². The van der Waals surface area contributed by atoms with Crippen LogP contribution >= 0.6 is 0 Å². The maximum Gasteiger partial charge on any atom is 0.224 e. The average molecular weight is 130 g/mol. The molecule has 52 valence electrons. The van der Waals surface area contributed by atoms with E-state index in [9.17, 15) is 4.79 Å². The van der Waals surface area contributed by atoms with Gasteiger partial charge in [0.2, 0.25) is 5.91 Å². The third kappa shape index (κ3) is 1.20. The molecule has 4 nitrogen and oxygen atoms in total. The highest BCUT2D eigenvalue weighted by molar-refractivity contribution is 5.77. The Kier molecular flexibility index (Phi) is 1.68. The number of nitrogens with two attached hydrogens (primary N) is 2. The Labute approximate surface area is 53.1 Å². The molecule has 1 aliphatic heterocycles. The topological polar surface area (TPSA) is 78.3 Å². The zero-order valence-electron chi connectivity index (χ0n) is 5.04. The minimum Gasteiger partial charge on any atom is -0.369 e. The molecule has 4 N–H and O–H groups in total. The van der Waals surface area contributed by atoms with E-state index in [0.717, 1.165) is 0 Å². The lowest BCUT2D eigenvalue weighted by molar-refractivity contribution is -0.123. The van der Waals surface area contributed by atoms with Crippen LogP contribution in [0.15, 0.2) is 0 Å². The average Bonchev–Trinajstić information content (AvgIpc) is 2.13. The second-order valence-electron chi connectivity index (χ2n) is 2.13. The summed E-state index contributed by atoms with van der Waals surface area (Å²) in [6.45, 7) is 0.550. The van der Waals surface area contributed by atoms with E-state index in [1.165, 1.54) is 0 Å². The van der Waals surface area contributed by atoms with Crippen LogP contribution in [0.3, 0.4) is 0 Å². The molecule has 9 heavy (non-hydrogen) atoms. The molecule has 0 radical (unpaired) electrons. The minimum atomic E-state index is -0.470. The third-order valence-corrected chi connectivity index (χ3v) is 1.50. The summed E-state index contributed by atoms with van der Waals surface area (Å²) in [5, 5.41) is 0. The molecule has 0 aromatic heterocycles. The fourth-order valence-electron chi connectivity index (χ4n) is 0.916. The Morgan fingerprint density at radius 3 is 2.56 bits per heavy atom. The second kappa shape index (κ2) is 2.33. The molecule has 4 heteroatoms. The van der Waals surface area contributed by atoms with Gasteiger partial charge < -0.3 is 16.2 Å². The van der Waals surface area contributed by atoms with Gasteiger partial charge in [0.1, 0.15) is 6.23 Å². The molecule has 1 aliphatic rings. The molecule has 1 heterocycles. The van der Waals surface area contributed by atoms with E-state index in [1.807, 2.05) is 0 Å². The maximum absolute atomic E-state index is 10.5. The third-order valence-electron chi connectivity index (χ3n) is 1.50. The van der Waals surface area contributed by atoms with Gasteiger partial charge in [0, 0.05) is 6.61 Å². The normalized spacial score (nSPS) is 34.8. The monoisotopic (exact) mass is 130 g/mol. The summed E-state index contributed by atoms with van der Waals surface area (Å²) in [6, 6.07) is 0. The Hall–Kier alpha value is -0.610. The van der Waals surface area contributed by atoms with Gasteiger partial charge in [-0.05, 0) is 6.42 Å². The summed E-state index contributed by atoms with van der Waals surface area (Å²) in [4.78, 5) is 10.5. The molecule has 0 aromatic carbocycles. The summed E-state index contributed by atoms with van der Waals surface area (Å²) in [7, 11) is 0. The van der Waals surface area contributed by atoms with Crippen LogP contribution < -0.4 is 11.5 Å². The number of rotatable bonds is 1. The number of carbonyl (C=O) groups excluding carboxylic acids is 1. The van der Waals surface area contributed by atoms with E-state index in [4.69, 9.17) is 16.2 Å². The quantitative estimate of drug-likeness (QED) is 0.467. The minimum absolute atomic E-state index is 0.273. The van der Waals surface area contributed by atoms with Gasteiger partial charge in [-0.1, -0.05) is 0 Å². The first-order chi connectivity index (χ1) is 4.22. The van der Waals surface area contributed by atoms with Crippen LogP contribution in [0, 0.1) is 5.92 Å². The smallest absolute Gasteiger partial charge is 0.224 e. The lowest BCUT2D eigenvalue weighted by atomic mass is 10.1. The van der Waals surface area contributed by atoms with E-state index in [2.05, 4.69) is 0 Å². The van der Waals surface area contributed by atoms with Gasteiger partial charge in [0.25, 0.3) is 0 Å². The van der Waals surface area contributed by atoms with Crippen LogP contribution in [-0.4, -0.2) is 18.7 Å². The van der Waals surface area contributed by atoms with Crippen molar-refractivity contribution in [2.45, 2.75) is 12.6 Å². The highest BCUT2D eigenvalue weighted by Gasteiger charge is 2.29. The first-order valence-corrected chi connectivity index (χ1v) is 2.88. The van der Waals surface area contributed by atoms with Gasteiger partial charge in [-0.2, -0.15) is 0 Å². The SMILES string of the molecule is NC(=O)C1CCOC1N. The molecule has 1 amide bonds. The zero-order valence-corrected chi connectivity index (χ0v) is 5.04. The fraction of sp³-hybridized carbons (Fsp3) is 0.800. The molecule has 1 fully saturated rings. The first kappa shape index (κ1) is 6.51. The predicted molar refractivity (Wildman–Crippen MR) is 31.2 cm³/mol. The highest BCUT2D eigenvalue weighted by atomic mass is 16.5. The van der Waals surface area contributed by atoms with Gasteiger partial charge in [-0.15, -0.1) is 0 Å². The van der Waals surface area contributed by atoms with Crippen molar-refractivity contribution in [1.29, 1.82) is 0 Å². The Morgan fingerprint density at radius 2 is 2.33 bits per heavy atom. The van der Waals surface area contributed by atoms with E-state index in [-0.39, 0.29) is 11.8 Å². The summed E-state index contributed by atoms with van der Waals surface area (Å²) in [6.07, 6.45) is 0.193. The van der Waals surface area contributed by atoms with Crippen molar-refractivity contribution in [3.8, 4) is 0 Å². The molecular formula is C5H10N2O2. The number of hydrogen-bond acceptors (Lipinski definition) is 3. The zero-order chi connectivity index (χ0) is 6.85. The molecule has 0 saturated carbocycles. The van der Waals surface area contributed by atoms with Crippen LogP contribution in [0.4, 0.5) is 0 Å². The van der Waals surface area contributed by atoms with Crippen LogP contribution in [0.5, 0.6) is 0 Å². The Bertz CT molecular complexity index is 126. The molecule has 0 spiro atoms. The predicted octanol–water partition coefficient (Wildman–Crippen LogP) is -1.21. The highest BCUT2D eigenvalue weighted by Crippen LogP contribution is 2.15. The van der Waals surface area contributed by atoms with Crippen LogP contribution in [0.1, 0.15) is 6.42 Å². The van der Waals surface area contributed by atoms with Crippen molar-refractivity contribution < 1.29 is 9.53 Å². The summed E-state index contributed by atoms with van der Waals surface area (Å²) < 4.78 is 4.90. The van der Waals surface area contributed by atoms with Crippen molar-refractivity contribution in [2.75, 3.05) is 6.61 Å². The number of hydrogen-bond donors (Lipinski definition) is 2. The van der Waals surface area contributed by atoms with Crippen molar-refractivity contribution >= 4 is 5.91 Å². The van der Waals surface area contributed by atoms with E-state index < -0.39 is 6.23 Å². The van der Waals surface area contributed by atoms with Crippen molar-refractivity contribution in [1.82, 2.24) is 0 Å². The number of amides is 1.